The van der Waals surface area contributed by atoms with Gasteiger partial charge in [0.25, 0.3) is 0 Å². The minimum atomic E-state index is -1.27. The van der Waals surface area contributed by atoms with Crippen LogP contribution in [0.4, 0.5) is 5.82 Å². The molecule has 0 radical (unpaired) electrons. The summed E-state index contributed by atoms with van der Waals surface area (Å²) >= 11 is 0. The van der Waals surface area contributed by atoms with Gasteiger partial charge >= 0.3 is 5.97 Å². The van der Waals surface area contributed by atoms with Crippen molar-refractivity contribution in [2.75, 3.05) is 25.1 Å². The van der Waals surface area contributed by atoms with Crippen LogP contribution in [0.5, 0.6) is 0 Å². The number of nitrogens with one attached hydrogen (secondary N) is 1. The number of aliphatic hydroxyl groups excluding tert-OH is 1. The van der Waals surface area contributed by atoms with Crippen LogP contribution < -0.4 is 5.32 Å². The summed E-state index contributed by atoms with van der Waals surface area (Å²) in [5, 5.41) is 21.4. The second kappa shape index (κ2) is 6.32. The highest BCUT2D eigenvalue weighted by Gasteiger charge is 2.20. The average Bonchev–Trinajstić information content (AvgIpc) is 2.37. The van der Waals surface area contributed by atoms with E-state index in [1.165, 1.54) is 13.1 Å². The van der Waals surface area contributed by atoms with Crippen LogP contribution in [-0.2, 0) is 4.74 Å². The first-order valence-electron chi connectivity index (χ1n) is 5.69. The maximum absolute atomic E-state index is 11.6. The molecule has 0 spiro atoms. The first kappa shape index (κ1) is 14.4. The third kappa shape index (κ3) is 3.97. The van der Waals surface area contributed by atoms with Gasteiger partial charge < -0.3 is 20.3 Å². The smallest absolute Gasteiger partial charge is 0.341 e. The number of hydrogen-bond acceptors (Lipinski definition) is 6. The summed E-state index contributed by atoms with van der Waals surface area (Å²) in [5.74, 6) is -0.151. The first-order valence-corrected chi connectivity index (χ1v) is 5.69. The fourth-order valence-corrected chi connectivity index (χ4v) is 1.25. The molecule has 1 unspecified atom stereocenters. The van der Waals surface area contributed by atoms with Crippen LogP contribution in [0.3, 0.4) is 0 Å². The quantitative estimate of drug-likeness (QED) is 0.637. The van der Waals surface area contributed by atoms with E-state index in [0.29, 0.717) is 11.4 Å². The van der Waals surface area contributed by atoms with Crippen LogP contribution in [0.25, 0.3) is 0 Å². The minimum absolute atomic E-state index is 0.0763. The number of aromatic nitrogens is 1. The van der Waals surface area contributed by atoms with Crippen LogP contribution in [-0.4, -0.2) is 46.5 Å². The van der Waals surface area contributed by atoms with Crippen LogP contribution in [0.2, 0.25) is 0 Å². The Morgan fingerprint density at radius 2 is 2.33 bits per heavy atom. The second-order valence-corrected chi connectivity index (χ2v) is 4.13. The second-order valence-electron chi connectivity index (χ2n) is 4.13. The van der Waals surface area contributed by atoms with E-state index in [1.807, 2.05) is 0 Å². The Kier molecular flexibility index (Phi) is 5.06. The number of ether oxygens (including phenoxy) is 1. The lowest BCUT2D eigenvalue weighted by molar-refractivity contribution is 0.0131. The van der Waals surface area contributed by atoms with Crippen molar-refractivity contribution in [1.82, 2.24) is 4.98 Å². The monoisotopic (exact) mass is 254 g/mol. The standard InChI is InChI=1S/C12H18N2O4/c1-3-18-11(16)9-5-4-6-13-10(9)14-7-12(2,17)8-15/h4-6,15,17H,3,7-8H2,1-2H3,(H,13,14). The van der Waals surface area contributed by atoms with Crippen LogP contribution >= 0.6 is 0 Å². The summed E-state index contributed by atoms with van der Waals surface area (Å²) in [4.78, 5) is 15.7. The van der Waals surface area contributed by atoms with Gasteiger partial charge in [-0.2, -0.15) is 0 Å². The molecule has 1 aromatic heterocycles. The fraction of sp³-hybridized carbons (Fsp3) is 0.500. The molecule has 1 aromatic rings. The topological polar surface area (TPSA) is 91.7 Å². The van der Waals surface area contributed by atoms with Crippen LogP contribution in [0.15, 0.2) is 18.3 Å². The van der Waals surface area contributed by atoms with E-state index in [0.717, 1.165) is 0 Å². The highest BCUT2D eigenvalue weighted by molar-refractivity contribution is 5.94. The molecule has 0 aliphatic rings. The third-order valence-electron chi connectivity index (χ3n) is 2.28. The lowest BCUT2D eigenvalue weighted by atomic mass is 10.1. The molecule has 0 amide bonds. The van der Waals surface area contributed by atoms with Crippen molar-refractivity contribution in [2.45, 2.75) is 19.4 Å². The maximum Gasteiger partial charge on any atom is 0.341 e. The van der Waals surface area contributed by atoms with Gasteiger partial charge in [-0.25, -0.2) is 9.78 Å². The van der Waals surface area contributed by atoms with Gasteiger partial charge in [0.1, 0.15) is 17.0 Å². The van der Waals surface area contributed by atoms with Crippen molar-refractivity contribution in [2.24, 2.45) is 0 Å². The molecule has 6 nitrogen and oxygen atoms in total. The number of aliphatic hydroxyl groups is 2. The number of nitrogens with zero attached hydrogens (tertiary/aromatic N) is 1. The molecule has 3 N–H and O–H groups in total. The molecule has 0 saturated carbocycles. The van der Waals surface area contributed by atoms with E-state index in [4.69, 9.17) is 9.84 Å². The predicted molar refractivity (Wildman–Crippen MR) is 66.4 cm³/mol. The normalized spacial score (nSPS) is 13.8. The zero-order valence-corrected chi connectivity index (χ0v) is 10.5. The summed E-state index contributed by atoms with van der Waals surface area (Å²) < 4.78 is 4.90. The van der Waals surface area contributed by atoms with E-state index in [2.05, 4.69) is 10.3 Å². The molecule has 0 bridgehead atoms. The Hall–Kier alpha value is -1.66. The van der Waals surface area contributed by atoms with Crippen LogP contribution in [0, 0.1) is 0 Å². The summed E-state index contributed by atoms with van der Waals surface area (Å²) in [5.41, 5.74) is -0.975. The molecule has 0 aliphatic heterocycles. The molecule has 1 rings (SSSR count). The van der Waals surface area contributed by atoms with Gasteiger partial charge in [0.2, 0.25) is 0 Å². The molecule has 6 heteroatoms. The number of hydrogen-bond donors (Lipinski definition) is 3. The fourth-order valence-electron chi connectivity index (χ4n) is 1.25. The number of rotatable bonds is 6. The van der Waals surface area contributed by atoms with Crippen molar-refractivity contribution >= 4 is 11.8 Å². The number of pyridine rings is 1. The molecule has 0 aromatic carbocycles. The zero-order valence-electron chi connectivity index (χ0n) is 10.5. The molecule has 1 heterocycles. The van der Waals surface area contributed by atoms with Gasteiger partial charge in [-0.05, 0) is 26.0 Å². The van der Waals surface area contributed by atoms with Crippen molar-refractivity contribution in [1.29, 1.82) is 0 Å². The van der Waals surface area contributed by atoms with E-state index in [9.17, 15) is 9.90 Å². The Bertz CT molecular complexity index is 407. The average molecular weight is 254 g/mol. The van der Waals surface area contributed by atoms with Gasteiger partial charge in [-0.15, -0.1) is 0 Å². The third-order valence-corrected chi connectivity index (χ3v) is 2.28. The van der Waals surface area contributed by atoms with Gasteiger partial charge in [-0.1, -0.05) is 0 Å². The summed E-state index contributed by atoms with van der Waals surface area (Å²) in [6, 6.07) is 3.21. The highest BCUT2D eigenvalue weighted by atomic mass is 16.5. The largest absolute Gasteiger partial charge is 0.462 e. The van der Waals surface area contributed by atoms with Crippen molar-refractivity contribution in [3.8, 4) is 0 Å². The number of anilines is 1. The molecule has 100 valence electrons. The van der Waals surface area contributed by atoms with Crippen LogP contribution in [0.1, 0.15) is 24.2 Å². The molecule has 1 atom stereocenters. The SMILES string of the molecule is CCOC(=O)c1cccnc1NCC(C)(O)CO. The van der Waals surface area contributed by atoms with E-state index >= 15 is 0 Å². The molecular formula is C12H18N2O4. The maximum atomic E-state index is 11.6. The number of esters is 1. The van der Waals surface area contributed by atoms with Gasteiger partial charge in [0, 0.05) is 12.7 Å². The summed E-state index contributed by atoms with van der Waals surface area (Å²) in [6.07, 6.45) is 1.53. The highest BCUT2D eigenvalue weighted by Crippen LogP contribution is 2.14. The Balaban J connectivity index is 2.79. The van der Waals surface area contributed by atoms with E-state index in [-0.39, 0.29) is 19.8 Å². The molecule has 0 aliphatic carbocycles. The van der Waals surface area contributed by atoms with Crippen molar-refractivity contribution in [3.63, 3.8) is 0 Å². The minimum Gasteiger partial charge on any atom is -0.462 e. The predicted octanol–water partition coefficient (Wildman–Crippen LogP) is 0.413. The lowest BCUT2D eigenvalue weighted by Gasteiger charge is -2.21. The summed E-state index contributed by atoms with van der Waals surface area (Å²) in [6.45, 7) is 3.17. The molecule has 0 fully saturated rings. The van der Waals surface area contributed by atoms with Crippen molar-refractivity contribution < 1.29 is 19.7 Å². The Morgan fingerprint density at radius 3 is 2.94 bits per heavy atom. The Labute approximate surface area is 106 Å². The lowest BCUT2D eigenvalue weighted by Crippen LogP contribution is -2.37. The first-order chi connectivity index (χ1) is 8.50. The van der Waals surface area contributed by atoms with Gasteiger partial charge in [0.15, 0.2) is 0 Å². The van der Waals surface area contributed by atoms with E-state index < -0.39 is 11.6 Å². The molecule has 18 heavy (non-hydrogen) atoms. The Morgan fingerprint density at radius 1 is 1.61 bits per heavy atom. The van der Waals surface area contributed by atoms with E-state index in [1.54, 1.807) is 19.1 Å². The van der Waals surface area contributed by atoms with Gasteiger partial charge in [-0.3, -0.25) is 0 Å². The number of carbonyl (C=O) groups excluding carboxylic acids is 1. The molecular weight excluding hydrogens is 236 g/mol. The van der Waals surface area contributed by atoms with Crippen molar-refractivity contribution in [3.05, 3.63) is 23.9 Å². The van der Waals surface area contributed by atoms with Gasteiger partial charge in [0.05, 0.1) is 13.2 Å². The number of carbonyl (C=O) groups is 1. The molecule has 0 saturated heterocycles. The summed E-state index contributed by atoms with van der Waals surface area (Å²) in [7, 11) is 0. The zero-order chi connectivity index (χ0) is 13.6.